The lowest BCUT2D eigenvalue weighted by atomic mass is 10.2. The van der Waals surface area contributed by atoms with Crippen LogP contribution < -0.4 is 10.6 Å². The van der Waals surface area contributed by atoms with Gasteiger partial charge in [-0.05, 0) is 43.5 Å². The summed E-state index contributed by atoms with van der Waals surface area (Å²) >= 11 is 2.03. The van der Waals surface area contributed by atoms with E-state index in [-0.39, 0.29) is 6.03 Å². The molecule has 0 bridgehead atoms. The van der Waals surface area contributed by atoms with Crippen LogP contribution in [0.15, 0.2) is 24.3 Å². The molecule has 23 heavy (non-hydrogen) atoms. The molecule has 2 atom stereocenters. The Morgan fingerprint density at radius 1 is 1.09 bits per heavy atom. The van der Waals surface area contributed by atoms with Gasteiger partial charge in [0.15, 0.2) is 0 Å². The number of amides is 2. The summed E-state index contributed by atoms with van der Waals surface area (Å²) in [4.78, 5) is 14.3. The molecule has 0 radical (unpaired) electrons. The molecule has 126 valence electrons. The van der Waals surface area contributed by atoms with Gasteiger partial charge in [0.1, 0.15) is 0 Å². The van der Waals surface area contributed by atoms with Gasteiger partial charge < -0.3 is 15.5 Å². The fourth-order valence-corrected chi connectivity index (χ4v) is 4.43. The Bertz CT molecular complexity index is 512. The molecule has 0 spiro atoms. The van der Waals surface area contributed by atoms with Gasteiger partial charge in [0.05, 0.1) is 0 Å². The minimum Gasteiger partial charge on any atom is -0.381 e. The summed E-state index contributed by atoms with van der Waals surface area (Å²) in [6, 6.07) is 8.70. The van der Waals surface area contributed by atoms with Gasteiger partial charge in [-0.15, -0.1) is 0 Å². The number of urea groups is 1. The first kappa shape index (κ1) is 16.5. The van der Waals surface area contributed by atoms with Crippen molar-refractivity contribution in [2.24, 2.45) is 0 Å². The maximum Gasteiger partial charge on any atom is 0.321 e. The van der Waals surface area contributed by atoms with Crippen LogP contribution in [0.1, 0.15) is 39.0 Å². The lowest BCUT2D eigenvalue weighted by Gasteiger charge is -2.21. The molecule has 2 N–H and O–H groups in total. The zero-order valence-electron chi connectivity index (χ0n) is 13.9. The maximum atomic E-state index is 12.3. The van der Waals surface area contributed by atoms with E-state index >= 15 is 0 Å². The minimum atomic E-state index is 0.0358. The van der Waals surface area contributed by atoms with Crippen LogP contribution in [0.4, 0.5) is 16.2 Å². The summed E-state index contributed by atoms with van der Waals surface area (Å²) < 4.78 is 0. The second-order valence-corrected chi connectivity index (χ2v) is 8.10. The van der Waals surface area contributed by atoms with E-state index in [1.165, 1.54) is 25.0 Å². The third kappa shape index (κ3) is 4.80. The van der Waals surface area contributed by atoms with Crippen molar-refractivity contribution in [2.75, 3.05) is 29.5 Å². The van der Waals surface area contributed by atoms with E-state index in [9.17, 15) is 4.79 Å². The molecule has 0 aliphatic carbocycles. The quantitative estimate of drug-likeness (QED) is 0.861. The van der Waals surface area contributed by atoms with E-state index in [1.54, 1.807) is 0 Å². The third-order valence-corrected chi connectivity index (χ3v) is 5.95. The molecule has 0 aromatic heterocycles. The Morgan fingerprint density at radius 2 is 1.74 bits per heavy atom. The van der Waals surface area contributed by atoms with Crippen molar-refractivity contribution in [3.05, 3.63) is 24.3 Å². The highest BCUT2D eigenvalue weighted by atomic mass is 32.2. The molecule has 5 heteroatoms. The number of benzene rings is 1. The van der Waals surface area contributed by atoms with Crippen LogP contribution in [-0.4, -0.2) is 41.1 Å². The zero-order chi connectivity index (χ0) is 16.1. The third-order valence-electron chi connectivity index (χ3n) is 4.60. The minimum absolute atomic E-state index is 0.0358. The molecule has 2 fully saturated rings. The summed E-state index contributed by atoms with van der Waals surface area (Å²) in [6.07, 6.45) is 5.94. The molecule has 2 aliphatic heterocycles. The second kappa shape index (κ2) is 7.95. The van der Waals surface area contributed by atoms with Gasteiger partial charge in [-0.3, -0.25) is 0 Å². The van der Waals surface area contributed by atoms with E-state index in [1.807, 2.05) is 28.8 Å². The van der Waals surface area contributed by atoms with Gasteiger partial charge >= 0.3 is 6.03 Å². The molecule has 2 heterocycles. The zero-order valence-corrected chi connectivity index (χ0v) is 14.7. The fraction of sp³-hybridized carbons (Fsp3) is 0.611. The number of nitrogens with one attached hydrogen (secondary N) is 2. The van der Waals surface area contributed by atoms with Crippen molar-refractivity contribution in [3.8, 4) is 0 Å². The van der Waals surface area contributed by atoms with Crippen LogP contribution in [0.2, 0.25) is 0 Å². The van der Waals surface area contributed by atoms with Gasteiger partial charge in [-0.1, -0.05) is 19.8 Å². The van der Waals surface area contributed by atoms with Gasteiger partial charge in [0, 0.05) is 41.5 Å². The number of anilines is 2. The van der Waals surface area contributed by atoms with Gasteiger partial charge in [0.2, 0.25) is 0 Å². The Labute approximate surface area is 143 Å². The van der Waals surface area contributed by atoms with Crippen LogP contribution in [0.5, 0.6) is 0 Å². The van der Waals surface area contributed by atoms with Crippen LogP contribution in [-0.2, 0) is 0 Å². The average molecular weight is 334 g/mol. The number of hydrogen-bond donors (Lipinski definition) is 2. The monoisotopic (exact) mass is 333 g/mol. The Balaban J connectivity index is 1.51. The number of nitrogens with zero attached hydrogens (tertiary/aromatic N) is 1. The van der Waals surface area contributed by atoms with E-state index in [2.05, 4.69) is 29.7 Å². The molecular formula is C18H27N3OS. The predicted molar refractivity (Wildman–Crippen MR) is 99.4 cm³/mol. The van der Waals surface area contributed by atoms with Gasteiger partial charge in [0.25, 0.3) is 0 Å². The van der Waals surface area contributed by atoms with Gasteiger partial charge in [-0.25, -0.2) is 4.79 Å². The van der Waals surface area contributed by atoms with Crippen molar-refractivity contribution in [1.29, 1.82) is 0 Å². The van der Waals surface area contributed by atoms with Crippen molar-refractivity contribution in [3.63, 3.8) is 0 Å². The van der Waals surface area contributed by atoms with Crippen molar-refractivity contribution in [1.82, 2.24) is 4.90 Å². The maximum absolute atomic E-state index is 12.3. The summed E-state index contributed by atoms with van der Waals surface area (Å²) in [5.74, 6) is 1.18. The van der Waals surface area contributed by atoms with Crippen LogP contribution in [0, 0.1) is 0 Å². The van der Waals surface area contributed by atoms with E-state index in [0.717, 1.165) is 42.6 Å². The largest absolute Gasteiger partial charge is 0.381 e. The first-order valence-electron chi connectivity index (χ1n) is 8.75. The molecule has 2 saturated heterocycles. The summed E-state index contributed by atoms with van der Waals surface area (Å²) in [6.45, 7) is 4.04. The van der Waals surface area contributed by atoms with Crippen LogP contribution >= 0.6 is 11.8 Å². The topological polar surface area (TPSA) is 44.4 Å². The Kier molecular flexibility index (Phi) is 5.70. The fourth-order valence-electron chi connectivity index (χ4n) is 3.28. The first-order chi connectivity index (χ1) is 11.2. The Morgan fingerprint density at radius 3 is 2.35 bits per heavy atom. The molecule has 2 amide bonds. The number of carbonyl (C=O) groups excluding carboxylic acids is 1. The molecule has 2 aliphatic rings. The Hall–Kier alpha value is -1.36. The highest BCUT2D eigenvalue weighted by Crippen LogP contribution is 2.28. The lowest BCUT2D eigenvalue weighted by Crippen LogP contribution is -2.35. The van der Waals surface area contributed by atoms with Crippen molar-refractivity contribution in [2.45, 2.75) is 50.3 Å². The smallest absolute Gasteiger partial charge is 0.321 e. The standard InChI is InChI=1S/C18H27N3OS/c1-14-12-17(13-23-14)19-15-6-8-16(9-7-15)20-18(22)21-10-4-2-3-5-11-21/h6-9,14,17,19H,2-5,10-13H2,1H3,(H,20,22)/t14-,17+/m0/s1. The number of hydrogen-bond acceptors (Lipinski definition) is 3. The van der Waals surface area contributed by atoms with E-state index in [4.69, 9.17) is 0 Å². The first-order valence-corrected chi connectivity index (χ1v) is 9.80. The molecule has 1 aromatic rings. The highest BCUT2D eigenvalue weighted by Gasteiger charge is 2.21. The molecule has 3 rings (SSSR count). The van der Waals surface area contributed by atoms with Gasteiger partial charge in [-0.2, -0.15) is 11.8 Å². The van der Waals surface area contributed by atoms with Crippen molar-refractivity contribution >= 4 is 29.2 Å². The van der Waals surface area contributed by atoms with Crippen LogP contribution in [0.3, 0.4) is 0 Å². The predicted octanol–water partition coefficient (Wildman–Crippen LogP) is 4.40. The number of likely N-dealkylation sites (tertiary alicyclic amines) is 1. The average Bonchev–Trinajstić information content (AvgIpc) is 2.79. The lowest BCUT2D eigenvalue weighted by molar-refractivity contribution is 0.214. The summed E-state index contributed by atoms with van der Waals surface area (Å²) in [7, 11) is 0. The van der Waals surface area contributed by atoms with Crippen molar-refractivity contribution < 1.29 is 4.79 Å². The highest BCUT2D eigenvalue weighted by molar-refractivity contribution is 8.00. The molecule has 0 saturated carbocycles. The number of thioether (sulfide) groups is 1. The number of carbonyl (C=O) groups is 1. The summed E-state index contributed by atoms with van der Waals surface area (Å²) in [5.41, 5.74) is 2.01. The normalized spacial score (nSPS) is 25.0. The van der Waals surface area contributed by atoms with Crippen LogP contribution in [0.25, 0.3) is 0 Å². The summed E-state index contributed by atoms with van der Waals surface area (Å²) in [5, 5.41) is 7.35. The second-order valence-electron chi connectivity index (χ2n) is 6.63. The number of rotatable bonds is 3. The van der Waals surface area contributed by atoms with E-state index < -0.39 is 0 Å². The molecule has 0 unspecified atom stereocenters. The SMILES string of the molecule is C[C@H]1C[C@@H](Nc2ccc(NC(=O)N3CCCCCC3)cc2)CS1. The van der Waals surface area contributed by atoms with E-state index in [0.29, 0.717) is 6.04 Å². The molecule has 4 nitrogen and oxygen atoms in total. The molecule has 1 aromatic carbocycles. The molecular weight excluding hydrogens is 306 g/mol.